The van der Waals surface area contributed by atoms with Crippen LogP contribution in [0.4, 0.5) is 0 Å². The Kier molecular flexibility index (Phi) is 3.84. The Morgan fingerprint density at radius 3 is 2.89 bits per heavy atom. The zero-order chi connectivity index (χ0) is 13.1. The molecule has 0 saturated heterocycles. The standard InChI is InChI=1S/C18H20S/c1-14-8-4-2-3-5-9-15(12-14)17-13-19-18-11-7-6-10-16(17)18/h2-5,10-14H,6-9H2,1H3/b4-2-,5-3-,15-12+. The lowest BCUT2D eigenvalue weighted by atomic mass is 9.96. The summed E-state index contributed by atoms with van der Waals surface area (Å²) in [6, 6.07) is 0. The monoisotopic (exact) mass is 268 g/mol. The van der Waals surface area contributed by atoms with Gasteiger partial charge in [-0.05, 0) is 53.3 Å². The minimum atomic E-state index is 0.620. The minimum Gasteiger partial charge on any atom is -0.144 e. The van der Waals surface area contributed by atoms with Crippen molar-refractivity contribution in [2.24, 2.45) is 5.92 Å². The summed E-state index contributed by atoms with van der Waals surface area (Å²) in [4.78, 5) is 0. The van der Waals surface area contributed by atoms with Crippen molar-refractivity contribution in [3.63, 3.8) is 0 Å². The van der Waals surface area contributed by atoms with E-state index in [1.54, 1.807) is 0 Å². The van der Waals surface area contributed by atoms with E-state index in [1.165, 1.54) is 33.7 Å². The molecule has 0 radical (unpaired) electrons. The highest BCUT2D eigenvalue weighted by atomic mass is 32.1. The average Bonchev–Trinajstić information content (AvgIpc) is 2.87. The first kappa shape index (κ1) is 12.7. The van der Waals surface area contributed by atoms with Gasteiger partial charge in [-0.2, -0.15) is 0 Å². The molecule has 0 saturated carbocycles. The van der Waals surface area contributed by atoms with Crippen molar-refractivity contribution in [1.29, 1.82) is 0 Å². The van der Waals surface area contributed by atoms with Gasteiger partial charge < -0.3 is 0 Å². The first-order chi connectivity index (χ1) is 9.34. The van der Waals surface area contributed by atoms with Gasteiger partial charge in [-0.1, -0.05) is 49.5 Å². The van der Waals surface area contributed by atoms with E-state index in [9.17, 15) is 0 Å². The maximum Gasteiger partial charge on any atom is 0.0306 e. The first-order valence-electron chi connectivity index (χ1n) is 7.15. The second kappa shape index (κ2) is 5.75. The molecule has 0 amide bonds. The zero-order valence-corrected chi connectivity index (χ0v) is 12.2. The summed E-state index contributed by atoms with van der Waals surface area (Å²) < 4.78 is 1.47. The van der Waals surface area contributed by atoms with Crippen LogP contribution in [0.25, 0.3) is 17.7 Å². The number of hydrogen-bond acceptors (Lipinski definition) is 1. The van der Waals surface area contributed by atoms with Gasteiger partial charge in [0.2, 0.25) is 0 Å². The van der Waals surface area contributed by atoms with Gasteiger partial charge in [0.1, 0.15) is 0 Å². The molecule has 1 heterocycles. The predicted octanol–water partition coefficient (Wildman–Crippen LogP) is 4.03. The predicted molar refractivity (Wildman–Crippen MR) is 86.4 cm³/mol. The van der Waals surface area contributed by atoms with Crippen molar-refractivity contribution >= 4 is 29.1 Å². The van der Waals surface area contributed by atoms with E-state index in [4.69, 9.17) is 0 Å². The summed E-state index contributed by atoms with van der Waals surface area (Å²) >= 11 is 1.90. The summed E-state index contributed by atoms with van der Waals surface area (Å²) in [5, 5.41) is 3.83. The Bertz CT molecular complexity index is 652. The third kappa shape index (κ3) is 2.82. The Hall–Kier alpha value is -1.34. The van der Waals surface area contributed by atoms with Gasteiger partial charge in [0, 0.05) is 4.53 Å². The fraction of sp³-hybridized carbons (Fsp3) is 0.333. The van der Waals surface area contributed by atoms with Crippen LogP contribution in [-0.2, 0) is 0 Å². The molecule has 2 aliphatic rings. The van der Waals surface area contributed by atoms with Gasteiger partial charge in [-0.3, -0.25) is 0 Å². The second-order valence-corrected chi connectivity index (χ2v) is 6.29. The molecule has 0 nitrogen and oxygen atoms in total. The third-order valence-corrected chi connectivity index (χ3v) is 4.76. The van der Waals surface area contributed by atoms with Crippen LogP contribution >= 0.6 is 11.3 Å². The molecule has 1 atom stereocenters. The van der Waals surface area contributed by atoms with Crippen LogP contribution in [0.3, 0.4) is 0 Å². The summed E-state index contributed by atoms with van der Waals surface area (Å²) in [6.45, 7) is 2.31. The molecular weight excluding hydrogens is 248 g/mol. The van der Waals surface area contributed by atoms with Gasteiger partial charge in [0.05, 0.1) is 0 Å². The molecule has 0 N–H and O–H groups in total. The molecule has 0 aliphatic heterocycles. The SMILES string of the molecule is CC1/C=C(/c2csc3c2=CCCC=3)C/C=C\C=C/C1. The number of allylic oxidation sites excluding steroid dienone is 6. The van der Waals surface area contributed by atoms with Crippen molar-refractivity contribution in [2.75, 3.05) is 0 Å². The molecule has 3 rings (SSSR count). The fourth-order valence-electron chi connectivity index (χ4n) is 2.77. The summed E-state index contributed by atoms with van der Waals surface area (Å²) in [7, 11) is 0. The molecule has 1 aromatic rings. The lowest BCUT2D eigenvalue weighted by molar-refractivity contribution is 0.745. The van der Waals surface area contributed by atoms with E-state index >= 15 is 0 Å². The highest BCUT2D eigenvalue weighted by Gasteiger charge is 2.09. The van der Waals surface area contributed by atoms with E-state index in [0.29, 0.717) is 5.92 Å². The van der Waals surface area contributed by atoms with Crippen LogP contribution in [0.1, 0.15) is 38.2 Å². The fourth-order valence-corrected chi connectivity index (χ4v) is 3.82. The molecule has 1 aromatic heterocycles. The lowest BCUT2D eigenvalue weighted by Crippen LogP contribution is -2.23. The maximum atomic E-state index is 2.46. The van der Waals surface area contributed by atoms with Crippen LogP contribution in [-0.4, -0.2) is 0 Å². The summed E-state index contributed by atoms with van der Waals surface area (Å²) in [5.41, 5.74) is 2.96. The van der Waals surface area contributed by atoms with Gasteiger partial charge in [0.25, 0.3) is 0 Å². The highest BCUT2D eigenvalue weighted by Crippen LogP contribution is 2.22. The van der Waals surface area contributed by atoms with E-state index in [-0.39, 0.29) is 0 Å². The Morgan fingerprint density at radius 1 is 1.11 bits per heavy atom. The Labute approximate surface area is 119 Å². The molecule has 0 aromatic carbocycles. The number of thiophene rings is 1. The van der Waals surface area contributed by atoms with Crippen LogP contribution < -0.4 is 9.75 Å². The van der Waals surface area contributed by atoms with Crippen molar-refractivity contribution in [2.45, 2.75) is 32.6 Å². The van der Waals surface area contributed by atoms with E-state index in [1.807, 2.05) is 11.3 Å². The molecular formula is C18H20S. The first-order valence-corrected chi connectivity index (χ1v) is 8.03. The summed E-state index contributed by atoms with van der Waals surface area (Å²) in [5.74, 6) is 0.620. The lowest BCUT2D eigenvalue weighted by Gasteiger charge is -2.08. The molecule has 0 bridgehead atoms. The molecule has 98 valence electrons. The average molecular weight is 268 g/mol. The normalized spacial score (nSPS) is 28.5. The van der Waals surface area contributed by atoms with Crippen LogP contribution in [0, 0.1) is 5.92 Å². The molecule has 19 heavy (non-hydrogen) atoms. The van der Waals surface area contributed by atoms with E-state index in [0.717, 1.165) is 12.8 Å². The second-order valence-electron chi connectivity index (χ2n) is 5.38. The van der Waals surface area contributed by atoms with E-state index < -0.39 is 0 Å². The van der Waals surface area contributed by atoms with Gasteiger partial charge in [0.15, 0.2) is 0 Å². The third-order valence-electron chi connectivity index (χ3n) is 3.76. The topological polar surface area (TPSA) is 0 Å². The molecule has 0 spiro atoms. The Morgan fingerprint density at radius 2 is 1.95 bits per heavy atom. The van der Waals surface area contributed by atoms with Gasteiger partial charge in [-0.25, -0.2) is 0 Å². The largest absolute Gasteiger partial charge is 0.144 e. The van der Waals surface area contributed by atoms with Crippen LogP contribution in [0.2, 0.25) is 0 Å². The Balaban J connectivity index is 2.05. The van der Waals surface area contributed by atoms with Crippen molar-refractivity contribution in [1.82, 2.24) is 0 Å². The van der Waals surface area contributed by atoms with Gasteiger partial charge >= 0.3 is 0 Å². The number of rotatable bonds is 1. The van der Waals surface area contributed by atoms with Crippen LogP contribution in [0.15, 0.2) is 35.8 Å². The number of fused-ring (bicyclic) bond motifs is 1. The molecule has 1 heteroatoms. The van der Waals surface area contributed by atoms with Gasteiger partial charge in [-0.15, -0.1) is 11.3 Å². The van der Waals surface area contributed by atoms with E-state index in [2.05, 4.69) is 54.8 Å². The van der Waals surface area contributed by atoms with Crippen LogP contribution in [0.5, 0.6) is 0 Å². The quantitative estimate of drug-likeness (QED) is 0.721. The van der Waals surface area contributed by atoms with Crippen molar-refractivity contribution in [3.05, 3.63) is 51.1 Å². The minimum absolute atomic E-state index is 0.620. The number of hydrogen-bond donors (Lipinski definition) is 0. The highest BCUT2D eigenvalue weighted by molar-refractivity contribution is 7.08. The van der Waals surface area contributed by atoms with Crippen molar-refractivity contribution < 1.29 is 0 Å². The molecule has 2 aliphatic carbocycles. The summed E-state index contributed by atoms with van der Waals surface area (Å²) in [6.07, 6.45) is 20.7. The smallest absolute Gasteiger partial charge is 0.0306 e. The zero-order valence-electron chi connectivity index (χ0n) is 11.4. The van der Waals surface area contributed by atoms with Crippen molar-refractivity contribution in [3.8, 4) is 0 Å². The molecule has 1 unspecified atom stereocenters. The maximum absolute atomic E-state index is 2.46. The molecule has 0 fully saturated rings.